The quantitative estimate of drug-likeness (QED) is 0.167. The Balaban J connectivity index is 0.955. The number of aryl methyl sites for hydroxylation is 1. The average molecular weight is 731 g/mol. The van der Waals surface area contributed by atoms with Gasteiger partial charge in [-0.3, -0.25) is 19.4 Å². The Morgan fingerprint density at radius 2 is 1.62 bits per heavy atom. The van der Waals surface area contributed by atoms with E-state index in [1.54, 1.807) is 60.8 Å². The van der Waals surface area contributed by atoms with Crippen LogP contribution >= 0.6 is 0 Å². The topological polar surface area (TPSA) is 119 Å². The molecule has 1 N–H and O–H groups in total. The van der Waals surface area contributed by atoms with Gasteiger partial charge in [0, 0.05) is 68.9 Å². The summed E-state index contributed by atoms with van der Waals surface area (Å²) in [4.78, 5) is 26.2. The highest BCUT2D eigenvalue weighted by molar-refractivity contribution is 7.93. The van der Waals surface area contributed by atoms with Gasteiger partial charge >= 0.3 is 6.18 Å². The van der Waals surface area contributed by atoms with Crippen LogP contribution in [-0.4, -0.2) is 77.6 Å². The first kappa shape index (κ1) is 34.8. The van der Waals surface area contributed by atoms with E-state index in [1.165, 1.54) is 24.4 Å². The van der Waals surface area contributed by atoms with Crippen LogP contribution in [0.3, 0.4) is 0 Å². The molecule has 0 aliphatic carbocycles. The first-order valence-corrected chi connectivity index (χ1v) is 17.8. The zero-order valence-electron chi connectivity index (χ0n) is 27.9. The molecule has 3 aromatic heterocycles. The lowest BCUT2D eigenvalue weighted by Gasteiger charge is -2.34. The molecule has 0 atom stereocenters. The summed E-state index contributed by atoms with van der Waals surface area (Å²) in [6.07, 6.45) is -1.47. The zero-order chi connectivity index (χ0) is 36.5. The van der Waals surface area contributed by atoms with Crippen LogP contribution in [0.5, 0.6) is 17.4 Å². The number of fused-ring (bicyclic) bond motifs is 2. The number of ether oxygens (including phenoxy) is 2. The van der Waals surface area contributed by atoms with Crippen molar-refractivity contribution in [2.45, 2.75) is 17.6 Å². The van der Waals surface area contributed by atoms with E-state index < -0.39 is 22.8 Å². The van der Waals surface area contributed by atoms with Crippen LogP contribution in [-0.2, 0) is 23.6 Å². The van der Waals surface area contributed by atoms with Crippen LogP contribution in [0, 0.1) is 0 Å². The first-order chi connectivity index (χ1) is 24.9. The number of carbonyl (C=O) groups excluding carboxylic acids is 1. The van der Waals surface area contributed by atoms with Gasteiger partial charge in [-0.05, 0) is 54.1 Å². The van der Waals surface area contributed by atoms with E-state index in [0.717, 1.165) is 16.5 Å². The number of aromatic nitrogens is 3. The van der Waals surface area contributed by atoms with Crippen LogP contribution in [0.4, 0.5) is 18.9 Å². The van der Waals surface area contributed by atoms with Crippen molar-refractivity contribution in [1.29, 1.82) is 0 Å². The summed E-state index contributed by atoms with van der Waals surface area (Å²) >= 11 is 0. The molecule has 0 bridgehead atoms. The number of alkyl halides is 3. The lowest BCUT2D eigenvalue weighted by Crippen LogP contribution is -2.48. The largest absolute Gasteiger partial charge is 0.484 e. The average Bonchev–Trinajstić information content (AvgIpc) is 3.46. The number of hydrogen-bond donors (Lipinski definition) is 1. The third-order valence-electron chi connectivity index (χ3n) is 8.72. The molecule has 1 amide bonds. The molecule has 52 heavy (non-hydrogen) atoms. The normalized spacial score (nSPS) is 14.1. The number of carbonyl (C=O) groups is 1. The minimum Gasteiger partial charge on any atom is -0.484 e. The SMILES string of the molecule is Cn1c(C(=O)N2CCN(Cc3ccc(OCC(F)(F)F)cc3)CC2)cc2ccc(Oc3ccc(NS(=O)(=O)c4cccc5cccnc45)cn3)cc21. The molecule has 1 fully saturated rings. The lowest BCUT2D eigenvalue weighted by atomic mass is 10.2. The Bertz CT molecular complexity index is 2340. The summed E-state index contributed by atoms with van der Waals surface area (Å²) in [6, 6.07) is 25.5. The molecular formula is C37H33F3N6O5S. The molecule has 15 heteroatoms. The van der Waals surface area contributed by atoms with E-state index in [1.807, 2.05) is 34.7 Å². The van der Waals surface area contributed by atoms with Gasteiger partial charge in [-0.1, -0.05) is 30.3 Å². The second kappa shape index (κ2) is 14.2. The summed E-state index contributed by atoms with van der Waals surface area (Å²) in [5.41, 5.74) is 2.89. The molecule has 7 rings (SSSR count). The molecule has 3 aromatic carbocycles. The Hall–Kier alpha value is -5.67. The molecule has 0 unspecified atom stereocenters. The molecule has 1 aliphatic rings. The molecular weight excluding hydrogens is 698 g/mol. The highest BCUT2D eigenvalue weighted by Crippen LogP contribution is 2.29. The number of anilines is 1. The highest BCUT2D eigenvalue weighted by Gasteiger charge is 2.29. The second-order valence-electron chi connectivity index (χ2n) is 12.3. The Morgan fingerprint density at radius 3 is 2.35 bits per heavy atom. The number of piperazine rings is 1. The van der Waals surface area contributed by atoms with Crippen LogP contribution in [0.1, 0.15) is 16.1 Å². The number of rotatable bonds is 10. The minimum absolute atomic E-state index is 0.0602. The molecule has 0 spiro atoms. The number of halogens is 3. The van der Waals surface area contributed by atoms with Gasteiger partial charge in [0.25, 0.3) is 15.9 Å². The third-order valence-corrected chi connectivity index (χ3v) is 10.1. The molecule has 1 aliphatic heterocycles. The van der Waals surface area contributed by atoms with Gasteiger partial charge in [-0.2, -0.15) is 13.2 Å². The molecule has 11 nitrogen and oxygen atoms in total. The predicted molar refractivity (Wildman–Crippen MR) is 189 cm³/mol. The number of nitrogens with one attached hydrogen (secondary N) is 1. The molecule has 1 saturated heterocycles. The number of amides is 1. The third kappa shape index (κ3) is 7.80. The standard InChI is InChI=1S/C37H33F3N6O5S/c1-44-31-21-30(51-34-14-10-28(22-42-34)43-52(48,49)33-6-2-4-26-5-3-15-41-35(26)33)13-9-27(31)20-32(44)36(47)46-18-16-45(17-19-46)23-25-7-11-29(12-8-25)50-24-37(38,39)40/h2-15,20-22,43H,16-19,23-24H2,1H3. The van der Waals surface area contributed by atoms with Crippen molar-refractivity contribution < 1.29 is 35.9 Å². The van der Waals surface area contributed by atoms with Gasteiger partial charge in [-0.25, -0.2) is 13.4 Å². The van der Waals surface area contributed by atoms with Gasteiger partial charge in [0.2, 0.25) is 5.88 Å². The van der Waals surface area contributed by atoms with Crippen LogP contribution in [0.2, 0.25) is 0 Å². The van der Waals surface area contributed by atoms with Gasteiger partial charge in [0.1, 0.15) is 22.1 Å². The molecule has 6 aromatic rings. The maximum Gasteiger partial charge on any atom is 0.422 e. The Morgan fingerprint density at radius 1 is 0.865 bits per heavy atom. The maximum absolute atomic E-state index is 13.6. The first-order valence-electron chi connectivity index (χ1n) is 16.3. The van der Waals surface area contributed by atoms with Gasteiger partial charge < -0.3 is 18.9 Å². The van der Waals surface area contributed by atoms with Crippen molar-refractivity contribution >= 4 is 43.4 Å². The molecule has 268 valence electrons. The summed E-state index contributed by atoms with van der Waals surface area (Å²) in [5.74, 6) is 0.813. The van der Waals surface area contributed by atoms with E-state index in [4.69, 9.17) is 9.47 Å². The second-order valence-corrected chi connectivity index (χ2v) is 14.0. The zero-order valence-corrected chi connectivity index (χ0v) is 28.7. The number of pyridine rings is 2. The van der Waals surface area contributed by atoms with Crippen molar-refractivity contribution in [3.63, 3.8) is 0 Å². The molecule has 0 saturated carbocycles. The fourth-order valence-electron chi connectivity index (χ4n) is 6.09. The summed E-state index contributed by atoms with van der Waals surface area (Å²) in [7, 11) is -2.11. The monoisotopic (exact) mass is 730 g/mol. The van der Waals surface area contributed by atoms with Gasteiger partial charge in [0.05, 0.1) is 22.9 Å². The van der Waals surface area contributed by atoms with Crippen molar-refractivity contribution in [3.05, 3.63) is 115 Å². The number of sulfonamides is 1. The van der Waals surface area contributed by atoms with Gasteiger partial charge in [-0.15, -0.1) is 0 Å². The van der Waals surface area contributed by atoms with Gasteiger partial charge in [0.15, 0.2) is 6.61 Å². The van der Waals surface area contributed by atoms with E-state index in [0.29, 0.717) is 55.1 Å². The van der Waals surface area contributed by atoms with Crippen LogP contribution in [0.25, 0.3) is 21.8 Å². The van der Waals surface area contributed by atoms with Crippen molar-refractivity contribution in [1.82, 2.24) is 24.3 Å². The molecule has 4 heterocycles. The number of nitrogens with zero attached hydrogens (tertiary/aromatic N) is 5. The minimum atomic E-state index is -4.39. The highest BCUT2D eigenvalue weighted by atomic mass is 32.2. The van der Waals surface area contributed by atoms with E-state index in [2.05, 4.69) is 19.6 Å². The fraction of sp³-hybridized carbons (Fsp3) is 0.216. The number of hydrogen-bond acceptors (Lipinski definition) is 8. The lowest BCUT2D eigenvalue weighted by molar-refractivity contribution is -0.153. The van der Waals surface area contributed by atoms with Crippen LogP contribution in [0.15, 0.2) is 108 Å². The fourth-order valence-corrected chi connectivity index (χ4v) is 7.31. The Kier molecular flexibility index (Phi) is 9.46. The summed E-state index contributed by atoms with van der Waals surface area (Å²) in [5, 5.41) is 1.57. The molecule has 0 radical (unpaired) electrons. The summed E-state index contributed by atoms with van der Waals surface area (Å²) in [6.45, 7) is 1.62. The smallest absolute Gasteiger partial charge is 0.422 e. The van der Waals surface area contributed by atoms with E-state index in [-0.39, 0.29) is 28.1 Å². The Labute approximate surface area is 297 Å². The summed E-state index contributed by atoms with van der Waals surface area (Å²) < 4.78 is 78.7. The number of benzene rings is 3. The predicted octanol–water partition coefficient (Wildman–Crippen LogP) is 6.61. The number of para-hydroxylation sites is 1. The van der Waals surface area contributed by atoms with E-state index >= 15 is 0 Å². The van der Waals surface area contributed by atoms with E-state index in [9.17, 15) is 26.4 Å². The van der Waals surface area contributed by atoms with Crippen molar-refractivity contribution in [2.24, 2.45) is 7.05 Å². The van der Waals surface area contributed by atoms with Crippen molar-refractivity contribution in [3.8, 4) is 17.4 Å². The maximum atomic E-state index is 13.6. The van der Waals surface area contributed by atoms with Crippen molar-refractivity contribution in [2.75, 3.05) is 37.5 Å². The van der Waals surface area contributed by atoms with Crippen LogP contribution < -0.4 is 14.2 Å².